The molecule has 1 aliphatic carbocycles. The number of nitrogens with zero attached hydrogens (tertiary/aromatic N) is 2. The van der Waals surface area contributed by atoms with Crippen LogP contribution >= 0.6 is 22.9 Å². The van der Waals surface area contributed by atoms with Crippen molar-refractivity contribution in [2.75, 3.05) is 5.32 Å². The van der Waals surface area contributed by atoms with E-state index >= 15 is 0 Å². The summed E-state index contributed by atoms with van der Waals surface area (Å²) in [5.74, 6) is -0.295. The number of nitrogens with one attached hydrogen (secondary N) is 1. The SMILES string of the molecule is Cc1ccc(Cl)cc1NC(=O)N1Cc2c(sc3c2CCCC3)-n2cccc2C1c1ccc(F)cc1. The van der Waals surface area contributed by atoms with Crippen LogP contribution in [-0.4, -0.2) is 15.5 Å². The molecule has 35 heavy (non-hydrogen) atoms. The predicted molar refractivity (Wildman–Crippen MR) is 139 cm³/mol. The molecule has 0 fully saturated rings. The molecule has 1 unspecified atom stereocenters. The standard InChI is InChI=1S/C28H25ClFN3OS/c1-17-8-11-19(29)15-23(17)31-28(34)33-16-22-21-5-2-3-7-25(21)35-27(22)32-14-4-6-24(32)26(33)18-9-12-20(30)13-10-18/h4,6,8-15,26H,2-3,5,7,16H2,1H3,(H,31,34). The first-order valence-corrected chi connectivity index (χ1v) is 13.1. The van der Waals surface area contributed by atoms with Gasteiger partial charge in [0, 0.05) is 27.3 Å². The van der Waals surface area contributed by atoms with Gasteiger partial charge in [-0.25, -0.2) is 9.18 Å². The molecule has 2 aromatic carbocycles. The fraction of sp³-hybridized carbons (Fsp3) is 0.250. The second-order valence-electron chi connectivity index (χ2n) is 9.27. The number of fused-ring (bicyclic) bond motifs is 5. The first-order valence-electron chi connectivity index (χ1n) is 11.9. The first kappa shape index (κ1) is 22.4. The Hall–Kier alpha value is -3.09. The Morgan fingerprint density at radius 3 is 2.71 bits per heavy atom. The highest BCUT2D eigenvalue weighted by Crippen LogP contribution is 2.44. The van der Waals surface area contributed by atoms with E-state index in [1.807, 2.05) is 41.4 Å². The molecule has 1 aliphatic heterocycles. The Morgan fingerprint density at radius 2 is 1.89 bits per heavy atom. The normalized spacial score (nSPS) is 16.8. The molecule has 0 bridgehead atoms. The van der Waals surface area contributed by atoms with Crippen LogP contribution in [0.2, 0.25) is 5.02 Å². The molecule has 4 aromatic rings. The van der Waals surface area contributed by atoms with Gasteiger partial charge in [-0.05, 0) is 85.7 Å². The van der Waals surface area contributed by atoms with Gasteiger partial charge < -0.3 is 14.8 Å². The van der Waals surface area contributed by atoms with Crippen LogP contribution in [-0.2, 0) is 19.4 Å². The number of carbonyl (C=O) groups is 1. The van der Waals surface area contributed by atoms with Crippen molar-refractivity contribution in [2.45, 2.75) is 45.2 Å². The van der Waals surface area contributed by atoms with E-state index in [9.17, 15) is 9.18 Å². The fourth-order valence-corrected chi connectivity index (χ4v) is 6.87. The number of thiophene rings is 1. The number of urea groups is 1. The summed E-state index contributed by atoms with van der Waals surface area (Å²) in [4.78, 5) is 17.3. The molecular formula is C28H25ClFN3OS. The molecule has 4 nitrogen and oxygen atoms in total. The van der Waals surface area contributed by atoms with Gasteiger partial charge in [-0.2, -0.15) is 0 Å². The minimum absolute atomic E-state index is 0.207. The van der Waals surface area contributed by atoms with E-state index in [2.05, 4.69) is 22.1 Å². The Balaban J connectivity index is 1.50. The van der Waals surface area contributed by atoms with Gasteiger partial charge in [0.25, 0.3) is 0 Å². The molecule has 3 heterocycles. The summed E-state index contributed by atoms with van der Waals surface area (Å²) in [5.41, 5.74) is 6.11. The van der Waals surface area contributed by atoms with Crippen LogP contribution in [0, 0.1) is 12.7 Å². The number of halogens is 2. The molecule has 178 valence electrons. The van der Waals surface area contributed by atoms with Gasteiger partial charge in [0.05, 0.1) is 18.3 Å². The molecule has 0 spiro atoms. The largest absolute Gasteiger partial charge is 0.322 e. The highest BCUT2D eigenvalue weighted by molar-refractivity contribution is 7.15. The molecule has 0 radical (unpaired) electrons. The third kappa shape index (κ3) is 3.95. The molecule has 1 atom stereocenters. The molecule has 6 rings (SSSR count). The molecule has 7 heteroatoms. The highest BCUT2D eigenvalue weighted by Gasteiger charge is 2.36. The second kappa shape index (κ2) is 8.85. The van der Waals surface area contributed by atoms with Gasteiger partial charge in [-0.3, -0.25) is 0 Å². The number of amides is 2. The Morgan fingerprint density at radius 1 is 1.09 bits per heavy atom. The van der Waals surface area contributed by atoms with E-state index in [-0.39, 0.29) is 17.9 Å². The zero-order valence-electron chi connectivity index (χ0n) is 19.4. The lowest BCUT2D eigenvalue weighted by Crippen LogP contribution is -2.38. The monoisotopic (exact) mass is 505 g/mol. The summed E-state index contributed by atoms with van der Waals surface area (Å²) >= 11 is 8.08. The van der Waals surface area contributed by atoms with Crippen molar-refractivity contribution in [1.29, 1.82) is 0 Å². The van der Waals surface area contributed by atoms with Gasteiger partial charge in [0.15, 0.2) is 0 Å². The van der Waals surface area contributed by atoms with E-state index in [4.69, 9.17) is 11.6 Å². The maximum Gasteiger partial charge on any atom is 0.322 e. The van der Waals surface area contributed by atoms with Crippen molar-refractivity contribution in [3.8, 4) is 5.00 Å². The molecule has 2 amide bonds. The van der Waals surface area contributed by atoms with Crippen LogP contribution in [0.3, 0.4) is 0 Å². The number of rotatable bonds is 2. The molecule has 0 saturated heterocycles. The van der Waals surface area contributed by atoms with Crippen LogP contribution in [0.1, 0.15) is 51.7 Å². The summed E-state index contributed by atoms with van der Waals surface area (Å²) in [7, 11) is 0. The number of carbonyl (C=O) groups excluding carboxylic acids is 1. The van der Waals surface area contributed by atoms with Gasteiger partial charge in [0.1, 0.15) is 10.8 Å². The maximum absolute atomic E-state index is 14.0. The number of aromatic nitrogens is 1. The summed E-state index contributed by atoms with van der Waals surface area (Å²) < 4.78 is 16.1. The van der Waals surface area contributed by atoms with E-state index in [0.29, 0.717) is 17.3 Å². The van der Waals surface area contributed by atoms with Crippen molar-refractivity contribution >= 4 is 34.7 Å². The van der Waals surface area contributed by atoms with Crippen LogP contribution < -0.4 is 5.32 Å². The lowest BCUT2D eigenvalue weighted by molar-refractivity contribution is 0.194. The van der Waals surface area contributed by atoms with Crippen molar-refractivity contribution in [3.63, 3.8) is 0 Å². The summed E-state index contributed by atoms with van der Waals surface area (Å²) in [6.45, 7) is 2.43. The van der Waals surface area contributed by atoms with Crippen molar-refractivity contribution in [1.82, 2.24) is 9.47 Å². The molecular weight excluding hydrogens is 481 g/mol. The molecule has 2 aromatic heterocycles. The Labute approximate surface area is 213 Å². The van der Waals surface area contributed by atoms with Gasteiger partial charge in [-0.1, -0.05) is 29.8 Å². The molecule has 1 N–H and O–H groups in total. The van der Waals surface area contributed by atoms with Gasteiger partial charge >= 0.3 is 6.03 Å². The topological polar surface area (TPSA) is 37.3 Å². The van der Waals surface area contributed by atoms with Gasteiger partial charge in [-0.15, -0.1) is 11.3 Å². The smallest absolute Gasteiger partial charge is 0.310 e. The summed E-state index contributed by atoms with van der Waals surface area (Å²) in [6, 6.07) is 15.5. The lowest BCUT2D eigenvalue weighted by atomic mass is 9.95. The second-order valence-corrected chi connectivity index (χ2v) is 10.8. The zero-order valence-corrected chi connectivity index (χ0v) is 20.9. The summed E-state index contributed by atoms with van der Waals surface area (Å²) in [5, 5.41) is 4.87. The quantitative estimate of drug-likeness (QED) is 0.298. The van der Waals surface area contributed by atoms with Crippen LogP contribution in [0.25, 0.3) is 5.00 Å². The van der Waals surface area contributed by atoms with Crippen molar-refractivity contribution in [3.05, 3.63) is 104 Å². The number of benzene rings is 2. The maximum atomic E-state index is 14.0. The minimum atomic E-state index is -0.371. The number of hydrogen-bond acceptors (Lipinski definition) is 2. The van der Waals surface area contributed by atoms with Crippen molar-refractivity contribution < 1.29 is 9.18 Å². The third-order valence-electron chi connectivity index (χ3n) is 7.07. The first-order chi connectivity index (χ1) is 17.0. The van der Waals surface area contributed by atoms with Crippen LogP contribution in [0.15, 0.2) is 60.8 Å². The van der Waals surface area contributed by atoms with Crippen LogP contribution in [0.5, 0.6) is 0 Å². The zero-order chi connectivity index (χ0) is 24.1. The van der Waals surface area contributed by atoms with Crippen molar-refractivity contribution in [2.24, 2.45) is 0 Å². The van der Waals surface area contributed by atoms with E-state index in [1.165, 1.54) is 46.0 Å². The van der Waals surface area contributed by atoms with E-state index in [0.717, 1.165) is 29.7 Å². The minimum Gasteiger partial charge on any atom is -0.310 e. The highest BCUT2D eigenvalue weighted by atomic mass is 35.5. The Bertz CT molecular complexity index is 1420. The number of anilines is 1. The van der Waals surface area contributed by atoms with Crippen LogP contribution in [0.4, 0.5) is 14.9 Å². The van der Waals surface area contributed by atoms with Gasteiger partial charge in [0.2, 0.25) is 0 Å². The molecule has 2 aliphatic rings. The number of aryl methyl sites for hydroxylation is 2. The summed E-state index contributed by atoms with van der Waals surface area (Å²) in [6.07, 6.45) is 6.60. The van der Waals surface area contributed by atoms with E-state index < -0.39 is 0 Å². The van der Waals surface area contributed by atoms with E-state index in [1.54, 1.807) is 18.2 Å². The predicted octanol–water partition coefficient (Wildman–Crippen LogP) is 7.66. The third-order valence-corrected chi connectivity index (χ3v) is 8.64. The Kier molecular flexibility index (Phi) is 5.66. The molecule has 0 saturated carbocycles. The average molecular weight is 506 g/mol. The number of hydrogen-bond donors (Lipinski definition) is 1. The fourth-order valence-electron chi connectivity index (χ4n) is 5.30. The lowest BCUT2D eigenvalue weighted by Gasteiger charge is -2.31. The average Bonchev–Trinajstić information content (AvgIpc) is 3.44.